The third-order valence-corrected chi connectivity index (χ3v) is 2.32. The van der Waals surface area contributed by atoms with Crippen LogP contribution in [0.2, 0.25) is 0 Å². The molecule has 2 rings (SSSR count). The Kier molecular flexibility index (Phi) is 1.62. The minimum atomic E-state index is -2.22. The summed E-state index contributed by atoms with van der Waals surface area (Å²) < 4.78 is 26.1. The molecular formula is C8H6O3S. The second-order valence-electron chi connectivity index (χ2n) is 2.49. The van der Waals surface area contributed by atoms with Crippen molar-refractivity contribution in [1.82, 2.24) is 0 Å². The Morgan fingerprint density at radius 1 is 1.25 bits per heavy atom. The normalized spacial score (nSPS) is 13.8. The van der Waals surface area contributed by atoms with Gasteiger partial charge in [0.25, 0.3) is 10.3 Å². The summed E-state index contributed by atoms with van der Waals surface area (Å²) in [5.74, 6) is 0.650. The summed E-state index contributed by atoms with van der Waals surface area (Å²) in [6, 6.07) is 7.29. The first kappa shape index (κ1) is 7.36. The third-order valence-electron chi connectivity index (χ3n) is 1.72. The highest BCUT2D eigenvalue weighted by Crippen LogP contribution is 2.24. The van der Waals surface area contributed by atoms with Crippen LogP contribution in [0.3, 0.4) is 0 Å². The molecule has 0 amide bonds. The first-order valence-electron chi connectivity index (χ1n) is 3.48. The Morgan fingerprint density at radius 2 is 2.00 bits per heavy atom. The van der Waals surface area contributed by atoms with Crippen molar-refractivity contribution in [1.29, 1.82) is 0 Å². The molecule has 0 unspecified atom stereocenters. The number of fused-ring (bicyclic) bond motifs is 1. The molecule has 4 heteroatoms. The maximum atomic E-state index is 10.5. The first-order chi connectivity index (χ1) is 5.77. The zero-order valence-electron chi connectivity index (χ0n) is 6.15. The number of hydrogen-bond donors (Lipinski definition) is 0. The topological polar surface area (TPSA) is 43.4 Å². The molecule has 62 valence electrons. The molecule has 0 saturated carbocycles. The van der Waals surface area contributed by atoms with Gasteiger partial charge in [0, 0.05) is 5.56 Å². The summed E-state index contributed by atoms with van der Waals surface area (Å²) in [7, 11) is -2.22. The molecule has 1 aliphatic heterocycles. The van der Waals surface area contributed by atoms with Crippen molar-refractivity contribution in [2.24, 2.45) is 0 Å². The summed E-state index contributed by atoms with van der Waals surface area (Å²) in [5, 5.41) is 0.108. The molecule has 0 spiro atoms. The van der Waals surface area contributed by atoms with Crippen LogP contribution in [0.5, 0.6) is 5.75 Å². The number of rotatable bonds is 0. The Morgan fingerprint density at radius 3 is 2.67 bits per heavy atom. The van der Waals surface area contributed by atoms with Gasteiger partial charge in [-0.25, -0.2) is 0 Å². The minimum absolute atomic E-state index is 0.108. The van der Waals surface area contributed by atoms with Gasteiger partial charge in [0.05, 0.1) is 6.42 Å². The van der Waals surface area contributed by atoms with Crippen LogP contribution < -0.4 is 4.74 Å². The van der Waals surface area contributed by atoms with Gasteiger partial charge in [-0.2, -0.15) is 8.42 Å². The highest BCUT2D eigenvalue weighted by atomic mass is 32.2. The maximum Gasteiger partial charge on any atom is 0.253 e. The van der Waals surface area contributed by atoms with E-state index in [1.165, 1.54) is 0 Å². The van der Waals surface area contributed by atoms with Crippen molar-refractivity contribution < 1.29 is 13.2 Å². The van der Waals surface area contributed by atoms with E-state index in [-0.39, 0.29) is 5.05 Å². The van der Waals surface area contributed by atoms with Crippen LogP contribution in [-0.4, -0.2) is 13.5 Å². The van der Waals surface area contributed by atoms with Crippen molar-refractivity contribution in [2.75, 3.05) is 0 Å². The molecule has 0 fully saturated rings. The minimum Gasteiger partial charge on any atom is -0.445 e. The maximum absolute atomic E-state index is 10.5. The average molecular weight is 182 g/mol. The highest BCUT2D eigenvalue weighted by Gasteiger charge is 2.18. The van der Waals surface area contributed by atoms with E-state index in [2.05, 4.69) is 0 Å². The average Bonchev–Trinajstić information content (AvgIpc) is 2.46. The molecule has 0 bridgehead atoms. The molecule has 0 saturated heterocycles. The van der Waals surface area contributed by atoms with Crippen LogP contribution in [-0.2, 0) is 16.7 Å². The lowest BCUT2D eigenvalue weighted by atomic mass is 10.2. The van der Waals surface area contributed by atoms with Gasteiger partial charge < -0.3 is 4.74 Å². The van der Waals surface area contributed by atoms with Gasteiger partial charge in [0.2, 0.25) is 5.05 Å². The first-order valence-corrected chi connectivity index (χ1v) is 4.56. The molecule has 0 aromatic heterocycles. The number of hydrogen-bond acceptors (Lipinski definition) is 3. The monoisotopic (exact) mass is 182 g/mol. The summed E-state index contributed by atoms with van der Waals surface area (Å²) >= 11 is 0. The molecular weight excluding hydrogens is 176 g/mol. The Hall–Kier alpha value is -1.29. The summed E-state index contributed by atoms with van der Waals surface area (Å²) in [5.41, 5.74) is 0.928. The highest BCUT2D eigenvalue weighted by molar-refractivity contribution is 7.72. The van der Waals surface area contributed by atoms with Crippen molar-refractivity contribution in [3.8, 4) is 5.75 Å². The van der Waals surface area contributed by atoms with Gasteiger partial charge >= 0.3 is 0 Å². The van der Waals surface area contributed by atoms with E-state index in [9.17, 15) is 8.42 Å². The van der Waals surface area contributed by atoms with Crippen molar-refractivity contribution in [2.45, 2.75) is 6.42 Å². The molecule has 0 radical (unpaired) electrons. The van der Waals surface area contributed by atoms with Crippen LogP contribution in [0.25, 0.3) is 0 Å². The second kappa shape index (κ2) is 2.64. The fourth-order valence-electron chi connectivity index (χ4n) is 1.16. The van der Waals surface area contributed by atoms with Gasteiger partial charge in [-0.05, 0) is 6.07 Å². The van der Waals surface area contributed by atoms with E-state index in [1.807, 2.05) is 18.2 Å². The van der Waals surface area contributed by atoms with E-state index < -0.39 is 10.3 Å². The predicted molar refractivity (Wildman–Crippen MR) is 44.7 cm³/mol. The largest absolute Gasteiger partial charge is 0.445 e. The van der Waals surface area contributed by atoms with Gasteiger partial charge in [-0.15, -0.1) is 0 Å². The lowest BCUT2D eigenvalue weighted by Crippen LogP contribution is -2.03. The molecule has 1 aliphatic rings. The molecule has 12 heavy (non-hydrogen) atoms. The second-order valence-corrected chi connectivity index (χ2v) is 3.42. The third kappa shape index (κ3) is 1.10. The van der Waals surface area contributed by atoms with Gasteiger partial charge in [-0.3, -0.25) is 0 Å². The summed E-state index contributed by atoms with van der Waals surface area (Å²) in [6.45, 7) is 0. The standard InChI is InChI=1S/C8H6O3S/c9-12(10)8-5-6-3-1-2-4-7(6)11-8/h1-4H,5H2. The Balaban J connectivity index is 2.53. The van der Waals surface area contributed by atoms with E-state index in [4.69, 9.17) is 4.74 Å². The smallest absolute Gasteiger partial charge is 0.253 e. The molecule has 0 N–H and O–H groups in total. The van der Waals surface area contributed by atoms with Gasteiger partial charge in [-0.1, -0.05) is 18.2 Å². The SMILES string of the molecule is O=S(=O)=C1Cc2ccccc2O1. The molecule has 0 atom stereocenters. The van der Waals surface area contributed by atoms with Crippen LogP contribution in [0.1, 0.15) is 5.56 Å². The van der Waals surface area contributed by atoms with Gasteiger partial charge in [0.15, 0.2) is 0 Å². The molecule has 1 aromatic carbocycles. The fourth-order valence-corrected chi connectivity index (χ4v) is 1.59. The molecule has 0 aliphatic carbocycles. The zero-order valence-corrected chi connectivity index (χ0v) is 6.97. The number of ether oxygens (including phenoxy) is 1. The predicted octanol–water partition coefficient (Wildman–Crippen LogP) is 0.631. The van der Waals surface area contributed by atoms with Crippen LogP contribution in [0, 0.1) is 0 Å². The molecule has 3 nitrogen and oxygen atoms in total. The van der Waals surface area contributed by atoms with E-state index >= 15 is 0 Å². The molecule has 1 heterocycles. The number of para-hydroxylation sites is 1. The lowest BCUT2D eigenvalue weighted by Gasteiger charge is -1.93. The Labute approximate surface area is 71.1 Å². The van der Waals surface area contributed by atoms with Gasteiger partial charge in [0.1, 0.15) is 5.75 Å². The number of benzene rings is 1. The fraction of sp³-hybridized carbons (Fsp3) is 0.125. The lowest BCUT2D eigenvalue weighted by molar-refractivity contribution is 0.569. The Bertz CT molecular complexity index is 410. The van der Waals surface area contributed by atoms with Crippen molar-refractivity contribution in [3.63, 3.8) is 0 Å². The van der Waals surface area contributed by atoms with Crippen molar-refractivity contribution in [3.05, 3.63) is 29.8 Å². The summed E-state index contributed by atoms with van der Waals surface area (Å²) in [4.78, 5) is 0. The van der Waals surface area contributed by atoms with Crippen LogP contribution in [0.4, 0.5) is 0 Å². The van der Waals surface area contributed by atoms with Crippen LogP contribution in [0.15, 0.2) is 24.3 Å². The van der Waals surface area contributed by atoms with E-state index in [0.717, 1.165) is 5.56 Å². The van der Waals surface area contributed by atoms with E-state index in [0.29, 0.717) is 12.2 Å². The van der Waals surface area contributed by atoms with Crippen LogP contribution >= 0.6 is 0 Å². The zero-order chi connectivity index (χ0) is 8.55. The summed E-state index contributed by atoms with van der Waals surface area (Å²) in [6.07, 6.45) is 0.381. The quantitative estimate of drug-likeness (QED) is 0.553. The van der Waals surface area contributed by atoms with E-state index in [1.54, 1.807) is 6.07 Å². The van der Waals surface area contributed by atoms with Crippen molar-refractivity contribution >= 4 is 15.3 Å². The molecule has 1 aromatic rings.